The maximum atomic E-state index is 12.6. The Labute approximate surface area is 241 Å². The number of hydrogen-bond acceptors (Lipinski definition) is 13. The van der Waals surface area contributed by atoms with Crippen molar-refractivity contribution in [3.63, 3.8) is 0 Å². The van der Waals surface area contributed by atoms with Crippen molar-refractivity contribution < 1.29 is 69.7 Å². The third-order valence-electron chi connectivity index (χ3n) is 6.21. The molecule has 0 aromatic heterocycles. The van der Waals surface area contributed by atoms with E-state index in [1.165, 1.54) is 7.11 Å². The minimum Gasteiger partial charge on any atom is -0.376 e. The Balaban J connectivity index is 1.86. The first-order valence-corrected chi connectivity index (χ1v) is 18.1. The number of phosphoric acid groups is 3. The average molecular weight is 658 g/mol. The van der Waals surface area contributed by atoms with Crippen molar-refractivity contribution in [1.29, 1.82) is 0 Å². The van der Waals surface area contributed by atoms with Crippen LogP contribution in [0.1, 0.15) is 52.9 Å². The summed E-state index contributed by atoms with van der Waals surface area (Å²) in [4.78, 5) is 30.4. The number of methoxy groups -OCH3 is 1. The molecule has 2 rings (SSSR count). The second kappa shape index (κ2) is 17.6. The molecule has 5 N–H and O–H groups in total. The van der Waals surface area contributed by atoms with Crippen LogP contribution in [0.4, 0.5) is 0 Å². The largest absolute Gasteiger partial charge is 0.472 e. The van der Waals surface area contributed by atoms with Gasteiger partial charge in [-0.15, -0.1) is 0 Å². The van der Waals surface area contributed by atoms with E-state index in [9.17, 15) is 28.4 Å². The lowest BCUT2D eigenvalue weighted by Crippen LogP contribution is -2.37. The van der Waals surface area contributed by atoms with Crippen LogP contribution in [0.25, 0.3) is 0 Å². The fourth-order valence-electron chi connectivity index (χ4n) is 4.18. The summed E-state index contributed by atoms with van der Waals surface area (Å²) < 4.78 is 84.4. The van der Waals surface area contributed by atoms with E-state index in [2.05, 4.69) is 0 Å². The molecular weight excluding hydrogens is 611 g/mol. The topological polar surface area (TPSA) is 221 Å². The van der Waals surface area contributed by atoms with Gasteiger partial charge in [0.25, 0.3) is 0 Å². The molecule has 0 saturated carbocycles. The van der Waals surface area contributed by atoms with E-state index in [0.29, 0.717) is 13.0 Å². The second-order valence-corrected chi connectivity index (χ2v) is 14.5. The molecule has 0 aromatic carbocycles. The SMILES string of the molecule is CO[C@H]1C(OP(=O)(O)OCC(C)C)[C@@H](COP(=O)(O)OC[C@H]2OCCC2OP(=O)(O)OCCCCCCN)O[C@H]1C. The van der Waals surface area contributed by atoms with Gasteiger partial charge >= 0.3 is 23.5 Å². The van der Waals surface area contributed by atoms with E-state index in [1.54, 1.807) is 20.8 Å². The van der Waals surface area contributed by atoms with Crippen LogP contribution < -0.4 is 5.73 Å². The highest BCUT2D eigenvalue weighted by Gasteiger charge is 2.48. The van der Waals surface area contributed by atoms with E-state index < -0.39 is 73.3 Å². The van der Waals surface area contributed by atoms with Crippen molar-refractivity contribution in [3.05, 3.63) is 0 Å². The van der Waals surface area contributed by atoms with E-state index in [4.69, 9.17) is 47.1 Å². The fourth-order valence-corrected chi connectivity index (χ4v) is 7.04. The van der Waals surface area contributed by atoms with E-state index in [0.717, 1.165) is 19.3 Å². The number of hydrogen-bond donors (Lipinski definition) is 4. The first kappa shape index (κ1) is 37.4. The molecule has 2 fully saturated rings. The van der Waals surface area contributed by atoms with Gasteiger partial charge in [-0.3, -0.25) is 27.1 Å². The zero-order chi connectivity index (χ0) is 30.7. The molecule has 0 aliphatic carbocycles. The molecule has 2 heterocycles. The molecule has 0 amide bonds. The Bertz CT molecular complexity index is 911. The summed E-state index contributed by atoms with van der Waals surface area (Å²) in [5.41, 5.74) is 5.44. The fraction of sp³-hybridized carbons (Fsp3) is 1.00. The van der Waals surface area contributed by atoms with Gasteiger partial charge in [0.2, 0.25) is 0 Å². The smallest absolute Gasteiger partial charge is 0.376 e. The van der Waals surface area contributed by atoms with Gasteiger partial charge in [0.1, 0.15) is 30.5 Å². The molecule has 16 nitrogen and oxygen atoms in total. The molecule has 0 spiro atoms. The Hall–Kier alpha value is 0.170. The second-order valence-electron chi connectivity index (χ2n) is 10.2. The molecule has 2 aliphatic rings. The zero-order valence-electron chi connectivity index (χ0n) is 24.0. The molecule has 2 saturated heterocycles. The first-order valence-electron chi connectivity index (χ1n) is 13.6. The molecule has 19 heteroatoms. The Morgan fingerprint density at radius 2 is 1.49 bits per heavy atom. The summed E-state index contributed by atoms with van der Waals surface area (Å²) in [6.45, 7) is 4.93. The first-order chi connectivity index (χ1) is 19.2. The summed E-state index contributed by atoms with van der Waals surface area (Å²) in [5.74, 6) is -0.0325. The van der Waals surface area contributed by atoms with Crippen LogP contribution >= 0.6 is 23.5 Å². The van der Waals surface area contributed by atoms with Gasteiger partial charge in [0.05, 0.1) is 32.5 Å². The van der Waals surface area contributed by atoms with Crippen molar-refractivity contribution in [2.75, 3.05) is 46.7 Å². The minimum atomic E-state index is -4.70. The van der Waals surface area contributed by atoms with Gasteiger partial charge in [-0.05, 0) is 32.2 Å². The monoisotopic (exact) mass is 657 g/mol. The van der Waals surface area contributed by atoms with Crippen LogP contribution in [0, 0.1) is 5.92 Å². The number of nitrogens with two attached hydrogens (primary N) is 1. The molecule has 2 aliphatic heterocycles. The lowest BCUT2D eigenvalue weighted by molar-refractivity contribution is -0.0297. The van der Waals surface area contributed by atoms with E-state index in [1.807, 2.05) is 0 Å². The Kier molecular flexibility index (Phi) is 16.0. The summed E-state index contributed by atoms with van der Waals surface area (Å²) >= 11 is 0. The molecule has 0 aromatic rings. The van der Waals surface area contributed by atoms with Crippen LogP contribution in [0.2, 0.25) is 0 Å². The van der Waals surface area contributed by atoms with Crippen LogP contribution in [0.5, 0.6) is 0 Å². The van der Waals surface area contributed by atoms with Crippen molar-refractivity contribution >= 4 is 23.5 Å². The van der Waals surface area contributed by atoms with Crippen molar-refractivity contribution in [2.24, 2.45) is 11.7 Å². The summed E-state index contributed by atoms with van der Waals surface area (Å²) in [5, 5.41) is 0. The standard InChI is InChI=1S/C22H46NO15P3/c1-16(2)13-33-41(28,29)38-22-20(36-17(3)21(22)30-4)15-35-39(24,25)34-14-19-18(9-12-31-19)37-40(26,27)32-11-8-6-5-7-10-23/h16-22H,5-15,23H2,1-4H3,(H,24,25)(H,26,27)(H,28,29)/t17-,18?,19+,20+,21+,22?/m0/s1. The van der Waals surface area contributed by atoms with Crippen LogP contribution in [0.15, 0.2) is 0 Å². The molecule has 0 radical (unpaired) electrons. The van der Waals surface area contributed by atoms with Crippen molar-refractivity contribution in [1.82, 2.24) is 0 Å². The molecule has 244 valence electrons. The lowest BCUT2D eigenvalue weighted by Gasteiger charge is -2.25. The molecular formula is C22H46NO15P3. The molecule has 0 bridgehead atoms. The van der Waals surface area contributed by atoms with Crippen LogP contribution in [0.3, 0.4) is 0 Å². The predicted octanol–water partition coefficient (Wildman–Crippen LogP) is 2.89. The third-order valence-corrected chi connectivity index (χ3v) is 9.20. The molecule has 41 heavy (non-hydrogen) atoms. The average Bonchev–Trinajstić information content (AvgIpc) is 3.44. The Morgan fingerprint density at radius 1 is 0.854 bits per heavy atom. The highest BCUT2D eigenvalue weighted by atomic mass is 31.2. The zero-order valence-corrected chi connectivity index (χ0v) is 26.7. The molecule has 5 unspecified atom stereocenters. The van der Waals surface area contributed by atoms with E-state index in [-0.39, 0.29) is 32.2 Å². The maximum absolute atomic E-state index is 12.6. The molecule has 9 atom stereocenters. The van der Waals surface area contributed by atoms with Gasteiger partial charge < -0.3 is 34.6 Å². The Morgan fingerprint density at radius 3 is 2.12 bits per heavy atom. The highest BCUT2D eigenvalue weighted by Crippen LogP contribution is 2.50. The van der Waals surface area contributed by atoms with Crippen LogP contribution in [-0.2, 0) is 55.0 Å². The normalized spacial score (nSPS) is 31.2. The highest BCUT2D eigenvalue weighted by molar-refractivity contribution is 7.48. The lowest BCUT2D eigenvalue weighted by atomic mass is 10.1. The minimum absolute atomic E-state index is 0.0266. The predicted molar refractivity (Wildman–Crippen MR) is 145 cm³/mol. The van der Waals surface area contributed by atoms with Gasteiger partial charge in [-0.25, -0.2) is 13.7 Å². The van der Waals surface area contributed by atoms with Gasteiger partial charge in [-0.1, -0.05) is 26.7 Å². The number of phosphoric ester groups is 3. The van der Waals surface area contributed by atoms with E-state index >= 15 is 0 Å². The summed E-state index contributed by atoms with van der Waals surface area (Å²) in [7, 11) is -12.2. The van der Waals surface area contributed by atoms with Gasteiger partial charge in [-0.2, -0.15) is 0 Å². The number of rotatable bonds is 21. The van der Waals surface area contributed by atoms with Crippen LogP contribution in [-0.4, -0.2) is 98.0 Å². The van der Waals surface area contributed by atoms with Gasteiger partial charge in [0.15, 0.2) is 0 Å². The third kappa shape index (κ3) is 13.8. The number of unbranched alkanes of at least 4 members (excludes halogenated alkanes) is 3. The summed E-state index contributed by atoms with van der Waals surface area (Å²) in [6.07, 6.45) is -2.16. The van der Waals surface area contributed by atoms with Crippen molar-refractivity contribution in [2.45, 2.75) is 89.5 Å². The van der Waals surface area contributed by atoms with Crippen molar-refractivity contribution in [3.8, 4) is 0 Å². The van der Waals surface area contributed by atoms with Gasteiger partial charge in [0, 0.05) is 20.1 Å². The quantitative estimate of drug-likeness (QED) is 0.103. The number of ether oxygens (including phenoxy) is 3. The maximum Gasteiger partial charge on any atom is 0.472 e. The summed E-state index contributed by atoms with van der Waals surface area (Å²) in [6, 6.07) is 0.